The van der Waals surface area contributed by atoms with Crippen molar-refractivity contribution in [2.45, 2.75) is 22.6 Å². The van der Waals surface area contributed by atoms with Gasteiger partial charge >= 0.3 is 5.97 Å². The highest BCUT2D eigenvalue weighted by atomic mass is 32.2. The molecule has 0 spiro atoms. The Bertz CT molecular complexity index is 1010. The highest BCUT2D eigenvalue weighted by Crippen LogP contribution is 2.27. The number of methoxy groups -OCH3 is 1. The van der Waals surface area contributed by atoms with E-state index in [0.717, 1.165) is 17.7 Å². The van der Waals surface area contributed by atoms with Crippen molar-refractivity contribution in [3.05, 3.63) is 53.6 Å². The lowest BCUT2D eigenvalue weighted by molar-refractivity contribution is 0.0600. The summed E-state index contributed by atoms with van der Waals surface area (Å²) in [6, 6.07) is 10.5. The van der Waals surface area contributed by atoms with Crippen LogP contribution in [-0.4, -0.2) is 51.6 Å². The van der Waals surface area contributed by atoms with Crippen LogP contribution in [-0.2, 0) is 14.8 Å². The van der Waals surface area contributed by atoms with Crippen molar-refractivity contribution >= 4 is 39.3 Å². The van der Waals surface area contributed by atoms with Crippen LogP contribution in [0.3, 0.4) is 0 Å². The maximum Gasteiger partial charge on any atom is 0.337 e. The van der Waals surface area contributed by atoms with Crippen molar-refractivity contribution in [1.29, 1.82) is 0 Å². The number of carbonyl (C=O) groups is 2. The third-order valence-corrected chi connectivity index (χ3v) is 6.84. The molecule has 2 aromatic carbocycles. The smallest absolute Gasteiger partial charge is 0.337 e. The largest absolute Gasteiger partial charge is 0.465 e. The van der Waals surface area contributed by atoms with Crippen LogP contribution in [0.5, 0.6) is 0 Å². The van der Waals surface area contributed by atoms with Crippen LogP contribution in [0.1, 0.15) is 33.6 Å². The summed E-state index contributed by atoms with van der Waals surface area (Å²) >= 11 is 1.41. The molecule has 154 valence electrons. The molecule has 1 heterocycles. The number of likely N-dealkylation sites (tertiary alicyclic amines) is 1. The molecular weight excluding hydrogens is 412 g/mol. The van der Waals surface area contributed by atoms with Crippen LogP contribution in [0.2, 0.25) is 0 Å². The first-order chi connectivity index (χ1) is 13.9. The fourth-order valence-corrected chi connectivity index (χ4v) is 4.77. The van der Waals surface area contributed by atoms with Gasteiger partial charge in [-0.05, 0) is 61.6 Å². The summed E-state index contributed by atoms with van der Waals surface area (Å²) in [6.45, 7) is 1.38. The van der Waals surface area contributed by atoms with Crippen molar-refractivity contribution < 1.29 is 22.7 Å². The third-order valence-electron chi connectivity index (χ3n) is 4.66. The van der Waals surface area contributed by atoms with Crippen LogP contribution in [0.25, 0.3) is 0 Å². The van der Waals surface area contributed by atoms with E-state index in [0.29, 0.717) is 29.9 Å². The van der Waals surface area contributed by atoms with Crippen molar-refractivity contribution in [2.75, 3.05) is 31.2 Å². The molecule has 1 aliphatic heterocycles. The summed E-state index contributed by atoms with van der Waals surface area (Å²) in [5.41, 5.74) is 1.01. The molecule has 9 heteroatoms. The summed E-state index contributed by atoms with van der Waals surface area (Å²) < 4.78 is 32.8. The molecule has 1 fully saturated rings. The number of anilines is 1. The van der Waals surface area contributed by atoms with E-state index in [-0.39, 0.29) is 10.8 Å². The van der Waals surface area contributed by atoms with Crippen molar-refractivity contribution in [2.24, 2.45) is 0 Å². The number of thioether (sulfide) groups is 1. The topological polar surface area (TPSA) is 92.8 Å². The van der Waals surface area contributed by atoms with E-state index in [1.54, 1.807) is 11.0 Å². The minimum absolute atomic E-state index is 0.00916. The van der Waals surface area contributed by atoms with Gasteiger partial charge in [0.15, 0.2) is 0 Å². The molecular formula is C20H22N2O5S2. The molecule has 1 aliphatic rings. The highest BCUT2D eigenvalue weighted by Gasteiger charge is 2.24. The normalized spacial score (nSPS) is 13.9. The number of hydrogen-bond donors (Lipinski definition) is 1. The molecule has 0 bridgehead atoms. The molecule has 0 aromatic heterocycles. The Balaban J connectivity index is 1.87. The molecule has 29 heavy (non-hydrogen) atoms. The number of carbonyl (C=O) groups excluding carboxylic acids is 2. The predicted octanol–water partition coefficient (Wildman–Crippen LogP) is 3.23. The van der Waals surface area contributed by atoms with E-state index in [2.05, 4.69) is 9.46 Å². The molecule has 0 aliphatic carbocycles. The predicted molar refractivity (Wildman–Crippen MR) is 112 cm³/mol. The number of hydrogen-bond acceptors (Lipinski definition) is 6. The number of sulfonamides is 1. The minimum atomic E-state index is -3.90. The average Bonchev–Trinajstić information content (AvgIpc) is 3.27. The summed E-state index contributed by atoms with van der Waals surface area (Å²) in [7, 11) is -2.63. The van der Waals surface area contributed by atoms with Gasteiger partial charge < -0.3 is 9.64 Å². The zero-order chi connectivity index (χ0) is 21.0. The standard InChI is InChI=1S/C20H22N2O5S2/c1-27-20(24)14-5-7-15(8-6-14)21-29(25,26)16-9-10-18(28-2)17(13-16)19(23)22-11-3-4-12-22/h5-10,13,21H,3-4,11-12H2,1-2H3. The van der Waals surface area contributed by atoms with Crippen LogP contribution in [0.4, 0.5) is 5.69 Å². The van der Waals surface area contributed by atoms with E-state index >= 15 is 0 Å². The maximum absolute atomic E-state index is 12.8. The fraction of sp³-hybridized carbons (Fsp3) is 0.300. The van der Waals surface area contributed by atoms with Crippen LogP contribution in [0, 0.1) is 0 Å². The SMILES string of the molecule is COC(=O)c1ccc(NS(=O)(=O)c2ccc(SC)c(C(=O)N3CCCC3)c2)cc1. The molecule has 1 N–H and O–H groups in total. The van der Waals surface area contributed by atoms with E-state index < -0.39 is 16.0 Å². The molecule has 2 aromatic rings. The van der Waals surface area contributed by atoms with Gasteiger partial charge in [0.1, 0.15) is 0 Å². The van der Waals surface area contributed by atoms with Crippen LogP contribution < -0.4 is 4.72 Å². The summed E-state index contributed by atoms with van der Waals surface area (Å²) in [5, 5.41) is 0. The van der Waals surface area contributed by atoms with Crippen LogP contribution in [0.15, 0.2) is 52.3 Å². The molecule has 3 rings (SSSR count). The van der Waals surface area contributed by atoms with Gasteiger partial charge in [0.2, 0.25) is 0 Å². The lowest BCUT2D eigenvalue weighted by Gasteiger charge is -2.18. The van der Waals surface area contributed by atoms with Gasteiger partial charge in [-0.25, -0.2) is 13.2 Å². The lowest BCUT2D eigenvalue weighted by atomic mass is 10.2. The number of amides is 1. The fourth-order valence-electron chi connectivity index (χ4n) is 3.12. The zero-order valence-electron chi connectivity index (χ0n) is 16.2. The third kappa shape index (κ3) is 4.73. The number of nitrogens with zero attached hydrogens (tertiary/aromatic N) is 1. The van der Waals surface area contributed by atoms with Gasteiger partial charge in [-0.3, -0.25) is 9.52 Å². The number of rotatable bonds is 6. The van der Waals surface area contributed by atoms with Gasteiger partial charge in [0.25, 0.3) is 15.9 Å². The Labute approximate surface area is 174 Å². The van der Waals surface area contributed by atoms with Crippen LogP contribution >= 0.6 is 11.8 Å². The Morgan fingerprint density at radius 1 is 1.07 bits per heavy atom. The summed E-state index contributed by atoms with van der Waals surface area (Å²) in [4.78, 5) is 26.9. The second kappa shape index (κ2) is 8.87. The molecule has 1 amide bonds. The summed E-state index contributed by atoms with van der Waals surface area (Å²) in [5.74, 6) is -0.650. The number of esters is 1. The monoisotopic (exact) mass is 434 g/mol. The van der Waals surface area contributed by atoms with Crippen molar-refractivity contribution in [3.63, 3.8) is 0 Å². The molecule has 7 nitrogen and oxygen atoms in total. The quantitative estimate of drug-likeness (QED) is 0.554. The van der Waals surface area contributed by atoms with Gasteiger partial charge in [0, 0.05) is 23.7 Å². The Hall–Kier alpha value is -2.52. The van der Waals surface area contributed by atoms with Crippen molar-refractivity contribution in [3.8, 4) is 0 Å². The average molecular weight is 435 g/mol. The van der Waals surface area contributed by atoms with Gasteiger partial charge in [-0.1, -0.05) is 0 Å². The van der Waals surface area contributed by atoms with E-state index in [1.165, 1.54) is 55.3 Å². The Morgan fingerprint density at radius 3 is 2.31 bits per heavy atom. The van der Waals surface area contributed by atoms with E-state index in [1.807, 2.05) is 6.26 Å². The lowest BCUT2D eigenvalue weighted by Crippen LogP contribution is -2.28. The molecule has 0 radical (unpaired) electrons. The highest BCUT2D eigenvalue weighted by molar-refractivity contribution is 7.98. The summed E-state index contributed by atoms with van der Waals surface area (Å²) in [6.07, 6.45) is 3.77. The van der Waals surface area contributed by atoms with E-state index in [4.69, 9.17) is 0 Å². The number of nitrogens with one attached hydrogen (secondary N) is 1. The Kier molecular flexibility index (Phi) is 6.49. The first kappa shape index (κ1) is 21.2. The first-order valence-electron chi connectivity index (χ1n) is 9.04. The van der Waals surface area contributed by atoms with E-state index in [9.17, 15) is 18.0 Å². The zero-order valence-corrected chi connectivity index (χ0v) is 17.8. The Morgan fingerprint density at radius 2 is 1.72 bits per heavy atom. The minimum Gasteiger partial charge on any atom is -0.465 e. The maximum atomic E-state index is 12.8. The van der Waals surface area contributed by atoms with Gasteiger partial charge in [-0.15, -0.1) is 11.8 Å². The number of ether oxygens (including phenoxy) is 1. The molecule has 0 saturated carbocycles. The molecule has 1 saturated heterocycles. The van der Waals surface area contributed by atoms with Gasteiger partial charge in [-0.2, -0.15) is 0 Å². The van der Waals surface area contributed by atoms with Crippen molar-refractivity contribution in [1.82, 2.24) is 4.90 Å². The second-order valence-electron chi connectivity index (χ2n) is 6.54. The van der Waals surface area contributed by atoms with Gasteiger partial charge in [0.05, 0.1) is 23.1 Å². The number of benzene rings is 2. The first-order valence-corrected chi connectivity index (χ1v) is 11.7. The second-order valence-corrected chi connectivity index (χ2v) is 9.07. The molecule has 0 unspecified atom stereocenters. The molecule has 0 atom stereocenters.